The molecular weight excluding hydrogens is 442 g/mol. The Kier molecular flexibility index (Phi) is 6.98. The third-order valence-electron chi connectivity index (χ3n) is 4.47. The molecule has 0 unspecified atom stereocenters. The number of aryl methyl sites for hydroxylation is 1. The highest BCUT2D eigenvalue weighted by Gasteiger charge is 2.17. The fourth-order valence-electron chi connectivity index (χ4n) is 2.95. The molecule has 0 spiro atoms. The minimum Gasteiger partial charge on any atom is -0.497 e. The van der Waals surface area contributed by atoms with Crippen molar-refractivity contribution < 1.29 is 9.53 Å². The van der Waals surface area contributed by atoms with E-state index in [4.69, 9.17) is 4.74 Å². The van der Waals surface area contributed by atoms with E-state index in [0.29, 0.717) is 11.0 Å². The zero-order chi connectivity index (χ0) is 22.3. The highest BCUT2D eigenvalue weighted by molar-refractivity contribution is 7.99. The van der Waals surface area contributed by atoms with Crippen LogP contribution < -0.4 is 10.2 Å². The molecule has 1 N–H and O–H groups in total. The van der Waals surface area contributed by atoms with Crippen molar-refractivity contribution in [2.75, 3.05) is 12.9 Å². The number of thiophene rings is 1. The molecule has 7 nitrogen and oxygen atoms in total. The van der Waals surface area contributed by atoms with E-state index >= 15 is 0 Å². The van der Waals surface area contributed by atoms with Gasteiger partial charge in [0.2, 0.25) is 0 Å². The molecule has 0 saturated carbocycles. The number of ether oxygens (including phenoxy) is 1. The van der Waals surface area contributed by atoms with Crippen molar-refractivity contribution in [2.24, 2.45) is 5.10 Å². The number of benzene rings is 2. The fraction of sp³-hybridized carbons (Fsp3) is 0.130. The molecule has 4 rings (SSSR count). The molecule has 0 aliphatic rings. The number of hydrazone groups is 1. The zero-order valence-electron chi connectivity index (χ0n) is 17.6. The molecule has 162 valence electrons. The summed E-state index contributed by atoms with van der Waals surface area (Å²) in [5, 5.41) is 13.4. The second-order valence-corrected chi connectivity index (χ2v) is 9.00. The fourth-order valence-corrected chi connectivity index (χ4v) is 4.45. The van der Waals surface area contributed by atoms with Gasteiger partial charge in [0.05, 0.1) is 19.1 Å². The lowest BCUT2D eigenvalue weighted by Gasteiger charge is -2.11. The third kappa shape index (κ3) is 5.24. The Hall–Kier alpha value is -3.43. The van der Waals surface area contributed by atoms with Crippen LogP contribution in [-0.4, -0.2) is 39.7 Å². The van der Waals surface area contributed by atoms with E-state index in [1.165, 1.54) is 16.6 Å². The maximum atomic E-state index is 12.3. The minimum absolute atomic E-state index is 0.157. The van der Waals surface area contributed by atoms with E-state index in [2.05, 4.69) is 20.7 Å². The van der Waals surface area contributed by atoms with Gasteiger partial charge in [0, 0.05) is 21.0 Å². The number of nitrogens with one attached hydrogen (secondary N) is 1. The van der Waals surface area contributed by atoms with Gasteiger partial charge in [0.25, 0.3) is 5.91 Å². The van der Waals surface area contributed by atoms with Crippen LogP contribution in [0.15, 0.2) is 77.0 Å². The number of hydrogen-bond donors (Lipinski definition) is 1. The summed E-state index contributed by atoms with van der Waals surface area (Å²) in [5.41, 5.74) is 4.38. The molecule has 0 radical (unpaired) electrons. The number of aromatic nitrogens is 3. The number of carbonyl (C=O) groups excluding carboxylic acids is 1. The highest BCUT2D eigenvalue weighted by atomic mass is 32.2. The van der Waals surface area contributed by atoms with Gasteiger partial charge in [-0.25, -0.2) is 5.43 Å². The van der Waals surface area contributed by atoms with Crippen molar-refractivity contribution >= 4 is 35.2 Å². The average molecular weight is 464 g/mol. The SMILES string of the molecule is COc1ccc(-n2c(SCC(=O)N/N=C/c3ccc(C)s3)nnc2-c2ccccc2)cc1. The zero-order valence-corrected chi connectivity index (χ0v) is 19.2. The number of thioether (sulfide) groups is 1. The van der Waals surface area contributed by atoms with Gasteiger partial charge < -0.3 is 4.74 Å². The van der Waals surface area contributed by atoms with Crippen LogP contribution in [0.5, 0.6) is 5.75 Å². The number of nitrogens with zero attached hydrogens (tertiary/aromatic N) is 4. The Balaban J connectivity index is 1.52. The standard InChI is InChI=1S/C23H21N5O2S2/c1-16-8-13-20(32-16)14-24-25-21(29)15-31-23-27-26-22(17-6-4-3-5-7-17)28(23)18-9-11-19(30-2)12-10-18/h3-14H,15H2,1-2H3,(H,25,29)/b24-14+. The lowest BCUT2D eigenvalue weighted by Crippen LogP contribution is -2.19. The van der Waals surface area contributed by atoms with Crippen LogP contribution in [0.4, 0.5) is 0 Å². The molecule has 2 heterocycles. The quantitative estimate of drug-likeness (QED) is 0.235. The minimum atomic E-state index is -0.218. The average Bonchev–Trinajstić information content (AvgIpc) is 3.44. The Labute approximate surface area is 194 Å². The lowest BCUT2D eigenvalue weighted by atomic mass is 10.2. The van der Waals surface area contributed by atoms with Crippen molar-refractivity contribution in [1.82, 2.24) is 20.2 Å². The first-order valence-corrected chi connectivity index (χ1v) is 11.6. The van der Waals surface area contributed by atoms with Gasteiger partial charge in [-0.05, 0) is 43.3 Å². The molecule has 9 heteroatoms. The predicted octanol–water partition coefficient (Wildman–Crippen LogP) is 4.56. The monoisotopic (exact) mass is 463 g/mol. The van der Waals surface area contributed by atoms with Crippen LogP contribution in [0.3, 0.4) is 0 Å². The van der Waals surface area contributed by atoms with E-state index < -0.39 is 0 Å². The Morgan fingerprint density at radius 3 is 2.59 bits per heavy atom. The van der Waals surface area contributed by atoms with Gasteiger partial charge in [-0.3, -0.25) is 9.36 Å². The molecule has 0 fully saturated rings. The maximum Gasteiger partial charge on any atom is 0.250 e. The molecule has 0 aliphatic heterocycles. The number of amides is 1. The lowest BCUT2D eigenvalue weighted by molar-refractivity contribution is -0.118. The molecule has 0 saturated heterocycles. The van der Waals surface area contributed by atoms with Crippen molar-refractivity contribution in [1.29, 1.82) is 0 Å². The smallest absolute Gasteiger partial charge is 0.250 e. The summed E-state index contributed by atoms with van der Waals surface area (Å²) < 4.78 is 7.21. The number of hydrogen-bond acceptors (Lipinski definition) is 7. The van der Waals surface area contributed by atoms with Gasteiger partial charge in [0.1, 0.15) is 5.75 Å². The molecule has 1 amide bonds. The first kappa shape index (κ1) is 21.8. The summed E-state index contributed by atoms with van der Waals surface area (Å²) in [6.45, 7) is 2.03. The summed E-state index contributed by atoms with van der Waals surface area (Å²) in [7, 11) is 1.63. The van der Waals surface area contributed by atoms with Crippen molar-refractivity contribution in [3.8, 4) is 22.8 Å². The second-order valence-electron chi connectivity index (χ2n) is 6.74. The van der Waals surface area contributed by atoms with Crippen LogP contribution >= 0.6 is 23.1 Å². The molecule has 0 bridgehead atoms. The van der Waals surface area contributed by atoms with Crippen molar-refractivity contribution in [3.63, 3.8) is 0 Å². The van der Waals surface area contributed by atoms with Crippen LogP contribution in [0.1, 0.15) is 9.75 Å². The Bertz CT molecular complexity index is 1220. The molecular formula is C23H21N5O2S2. The largest absolute Gasteiger partial charge is 0.497 e. The second kappa shape index (κ2) is 10.3. The van der Waals surface area contributed by atoms with Crippen LogP contribution in [-0.2, 0) is 4.79 Å². The Morgan fingerprint density at radius 2 is 1.91 bits per heavy atom. The Morgan fingerprint density at radius 1 is 1.12 bits per heavy atom. The molecule has 2 aromatic carbocycles. The first-order chi connectivity index (χ1) is 15.6. The summed E-state index contributed by atoms with van der Waals surface area (Å²) in [5.74, 6) is 1.40. The van der Waals surface area contributed by atoms with Crippen LogP contribution in [0.25, 0.3) is 17.1 Å². The molecule has 2 aromatic heterocycles. The van der Waals surface area contributed by atoms with Gasteiger partial charge >= 0.3 is 0 Å². The first-order valence-electron chi connectivity index (χ1n) is 9.80. The summed E-state index contributed by atoms with van der Waals surface area (Å²) in [6.07, 6.45) is 1.65. The van der Waals surface area contributed by atoms with Gasteiger partial charge in [-0.15, -0.1) is 21.5 Å². The molecule has 4 aromatic rings. The maximum absolute atomic E-state index is 12.3. The van der Waals surface area contributed by atoms with E-state index in [1.54, 1.807) is 24.7 Å². The topological polar surface area (TPSA) is 81.4 Å². The third-order valence-corrected chi connectivity index (χ3v) is 6.33. The van der Waals surface area contributed by atoms with E-state index in [9.17, 15) is 4.79 Å². The highest BCUT2D eigenvalue weighted by Crippen LogP contribution is 2.28. The van der Waals surface area contributed by atoms with E-state index in [0.717, 1.165) is 21.9 Å². The summed E-state index contributed by atoms with van der Waals surface area (Å²) in [6, 6.07) is 21.4. The number of rotatable bonds is 8. The predicted molar refractivity (Wildman–Crippen MR) is 129 cm³/mol. The molecule has 0 atom stereocenters. The van der Waals surface area contributed by atoms with Gasteiger partial charge in [-0.1, -0.05) is 42.1 Å². The number of carbonyl (C=O) groups is 1. The van der Waals surface area contributed by atoms with Crippen molar-refractivity contribution in [2.45, 2.75) is 12.1 Å². The van der Waals surface area contributed by atoms with Crippen LogP contribution in [0, 0.1) is 6.92 Å². The molecule has 32 heavy (non-hydrogen) atoms. The van der Waals surface area contributed by atoms with Gasteiger partial charge in [-0.2, -0.15) is 5.10 Å². The van der Waals surface area contributed by atoms with Gasteiger partial charge in [0.15, 0.2) is 11.0 Å². The molecule has 0 aliphatic carbocycles. The number of methoxy groups -OCH3 is 1. The van der Waals surface area contributed by atoms with Crippen LogP contribution in [0.2, 0.25) is 0 Å². The summed E-state index contributed by atoms with van der Waals surface area (Å²) >= 11 is 2.92. The van der Waals surface area contributed by atoms with E-state index in [1.807, 2.05) is 78.2 Å². The summed E-state index contributed by atoms with van der Waals surface area (Å²) in [4.78, 5) is 14.5. The van der Waals surface area contributed by atoms with Crippen molar-refractivity contribution in [3.05, 3.63) is 76.5 Å². The normalized spacial score (nSPS) is 11.1. The van der Waals surface area contributed by atoms with E-state index in [-0.39, 0.29) is 11.7 Å².